The molecule has 0 aliphatic carbocycles. The molecule has 0 saturated heterocycles. The number of carbonyl (C=O) groups is 2. The molecule has 0 amide bonds. The number of aliphatic carboxylic acids is 1. The van der Waals surface area contributed by atoms with E-state index in [-0.39, 0.29) is 31.7 Å². The highest BCUT2D eigenvalue weighted by molar-refractivity contribution is 7.89. The zero-order chi connectivity index (χ0) is 14.7. The number of carboxylic acids is 1. The molecule has 0 aromatic carbocycles. The number of unbranched alkanes of at least 4 members (excludes halogenated alkanes) is 2. The zero-order valence-corrected chi connectivity index (χ0v) is 11.9. The molecule has 8 heteroatoms. The van der Waals surface area contributed by atoms with Gasteiger partial charge in [-0.2, -0.15) is 0 Å². The lowest BCUT2D eigenvalue weighted by Gasteiger charge is -2.06. The Balaban J connectivity index is 3.68. The summed E-state index contributed by atoms with van der Waals surface area (Å²) in [5.74, 6) is -1.68. The minimum absolute atomic E-state index is 0.0929. The van der Waals surface area contributed by atoms with Gasteiger partial charge in [-0.3, -0.25) is 9.59 Å². The van der Waals surface area contributed by atoms with E-state index in [0.29, 0.717) is 19.3 Å². The van der Waals surface area contributed by atoms with E-state index in [9.17, 15) is 18.0 Å². The smallest absolute Gasteiger partial charge is 0.306 e. The maximum Gasteiger partial charge on any atom is 0.306 e. The van der Waals surface area contributed by atoms with Crippen LogP contribution in [0.15, 0.2) is 0 Å². The van der Waals surface area contributed by atoms with Crippen molar-refractivity contribution in [3.8, 4) is 0 Å². The molecule has 0 aliphatic rings. The Kier molecular flexibility index (Phi) is 9.15. The second kappa shape index (κ2) is 9.74. The lowest BCUT2D eigenvalue weighted by molar-refractivity contribution is -0.142. The first kappa shape index (κ1) is 17.8. The van der Waals surface area contributed by atoms with E-state index in [1.54, 1.807) is 6.92 Å². The Morgan fingerprint density at radius 3 is 2.42 bits per heavy atom. The highest BCUT2D eigenvalue weighted by atomic mass is 32.2. The lowest BCUT2D eigenvalue weighted by Crippen LogP contribution is -2.28. The van der Waals surface area contributed by atoms with Gasteiger partial charge in [0.15, 0.2) is 0 Å². The summed E-state index contributed by atoms with van der Waals surface area (Å²) < 4.78 is 29.9. The highest BCUT2D eigenvalue weighted by Gasteiger charge is 2.13. The summed E-state index contributed by atoms with van der Waals surface area (Å²) in [5, 5.41) is 8.41. The molecule has 112 valence electrons. The van der Waals surface area contributed by atoms with Gasteiger partial charge < -0.3 is 9.84 Å². The number of ether oxygens (including phenoxy) is 1. The Hall–Kier alpha value is -1.15. The number of rotatable bonds is 11. The normalized spacial score (nSPS) is 11.2. The van der Waals surface area contributed by atoms with E-state index < -0.39 is 22.0 Å². The van der Waals surface area contributed by atoms with Crippen LogP contribution >= 0.6 is 0 Å². The van der Waals surface area contributed by atoms with Crippen LogP contribution in [-0.2, 0) is 24.3 Å². The average Bonchev–Trinajstić information content (AvgIpc) is 2.31. The average molecular weight is 295 g/mol. The quantitative estimate of drug-likeness (QED) is 0.424. The van der Waals surface area contributed by atoms with E-state index in [4.69, 9.17) is 5.11 Å². The number of hydrogen-bond donors (Lipinski definition) is 2. The van der Waals surface area contributed by atoms with Gasteiger partial charge in [-0.25, -0.2) is 13.1 Å². The third-order valence-corrected chi connectivity index (χ3v) is 3.66. The van der Waals surface area contributed by atoms with Gasteiger partial charge in [-0.05, 0) is 19.8 Å². The number of esters is 1. The van der Waals surface area contributed by atoms with Crippen molar-refractivity contribution in [2.45, 2.75) is 39.0 Å². The van der Waals surface area contributed by atoms with Gasteiger partial charge in [-0.15, -0.1) is 0 Å². The molecule has 0 saturated carbocycles. The van der Waals surface area contributed by atoms with Crippen LogP contribution in [0.4, 0.5) is 0 Å². The summed E-state index contributed by atoms with van der Waals surface area (Å²) in [6.45, 7) is 2.14. The topological polar surface area (TPSA) is 110 Å². The van der Waals surface area contributed by atoms with E-state index >= 15 is 0 Å². The van der Waals surface area contributed by atoms with Crippen molar-refractivity contribution >= 4 is 22.0 Å². The molecular weight excluding hydrogens is 274 g/mol. The molecule has 0 radical (unpaired) electrons. The van der Waals surface area contributed by atoms with Crippen LogP contribution in [-0.4, -0.2) is 44.4 Å². The monoisotopic (exact) mass is 295 g/mol. The van der Waals surface area contributed by atoms with Gasteiger partial charge >= 0.3 is 11.9 Å². The van der Waals surface area contributed by atoms with Crippen LogP contribution in [0.3, 0.4) is 0 Å². The second-order valence-corrected chi connectivity index (χ2v) is 5.90. The van der Waals surface area contributed by atoms with E-state index in [2.05, 4.69) is 9.46 Å². The van der Waals surface area contributed by atoms with Gasteiger partial charge in [0.05, 0.1) is 18.8 Å². The molecule has 0 rings (SSSR count). The van der Waals surface area contributed by atoms with E-state index in [1.165, 1.54) is 0 Å². The lowest BCUT2D eigenvalue weighted by atomic mass is 10.2. The molecule has 7 nitrogen and oxygen atoms in total. The molecule has 0 fully saturated rings. The standard InChI is InChI=1S/C11H21NO6S/c1-2-18-11(15)7-9-19(16,17)12-8-5-3-4-6-10(13)14/h12H,2-9H2,1H3,(H,13,14). The summed E-state index contributed by atoms with van der Waals surface area (Å²) in [4.78, 5) is 21.2. The fourth-order valence-electron chi connectivity index (χ4n) is 1.33. The van der Waals surface area contributed by atoms with Crippen molar-refractivity contribution in [1.29, 1.82) is 0 Å². The molecule has 0 heterocycles. The van der Waals surface area contributed by atoms with Crippen LogP contribution in [0.5, 0.6) is 0 Å². The SMILES string of the molecule is CCOC(=O)CCS(=O)(=O)NCCCCCC(=O)O. The number of carbonyl (C=O) groups excluding carboxylic acids is 1. The first-order chi connectivity index (χ1) is 8.87. The highest BCUT2D eigenvalue weighted by Crippen LogP contribution is 2.00. The Bertz CT molecular complexity index is 379. The zero-order valence-electron chi connectivity index (χ0n) is 11.1. The first-order valence-corrected chi connectivity index (χ1v) is 7.87. The van der Waals surface area contributed by atoms with Gasteiger partial charge in [-0.1, -0.05) is 6.42 Å². The molecule has 0 atom stereocenters. The van der Waals surface area contributed by atoms with Gasteiger partial charge in [0, 0.05) is 13.0 Å². The predicted octanol–water partition coefficient (Wildman–Crippen LogP) is 0.504. The molecule has 0 unspecified atom stereocenters. The van der Waals surface area contributed by atoms with Gasteiger partial charge in [0.1, 0.15) is 0 Å². The first-order valence-electron chi connectivity index (χ1n) is 6.22. The van der Waals surface area contributed by atoms with Crippen LogP contribution in [0.1, 0.15) is 39.0 Å². The number of hydrogen-bond acceptors (Lipinski definition) is 5. The Labute approximate surface area is 113 Å². The molecule has 0 aromatic heterocycles. The van der Waals surface area contributed by atoms with Gasteiger partial charge in [0.25, 0.3) is 0 Å². The fraction of sp³-hybridized carbons (Fsp3) is 0.818. The molecule has 19 heavy (non-hydrogen) atoms. The summed E-state index contributed by atoms with van der Waals surface area (Å²) in [7, 11) is -3.47. The molecule has 0 spiro atoms. The van der Waals surface area contributed by atoms with Crippen LogP contribution in [0.2, 0.25) is 0 Å². The minimum atomic E-state index is -3.47. The third kappa shape index (κ3) is 11.7. The largest absolute Gasteiger partial charge is 0.481 e. The fourth-order valence-corrected chi connectivity index (χ4v) is 2.36. The van der Waals surface area contributed by atoms with E-state index in [1.807, 2.05) is 0 Å². The molecule has 0 aliphatic heterocycles. The summed E-state index contributed by atoms with van der Waals surface area (Å²) in [5.41, 5.74) is 0. The van der Waals surface area contributed by atoms with Crippen LogP contribution in [0, 0.1) is 0 Å². The van der Waals surface area contributed by atoms with Crippen molar-refractivity contribution in [1.82, 2.24) is 4.72 Å². The predicted molar refractivity (Wildman–Crippen MR) is 69.1 cm³/mol. The molecule has 0 aromatic rings. The van der Waals surface area contributed by atoms with E-state index in [0.717, 1.165) is 0 Å². The summed E-state index contributed by atoms with van der Waals surface area (Å²) >= 11 is 0. The Morgan fingerprint density at radius 2 is 1.84 bits per heavy atom. The van der Waals surface area contributed by atoms with Crippen molar-refractivity contribution in [3.63, 3.8) is 0 Å². The Morgan fingerprint density at radius 1 is 1.16 bits per heavy atom. The van der Waals surface area contributed by atoms with Crippen LogP contribution in [0.25, 0.3) is 0 Å². The molecular formula is C11H21NO6S. The number of nitrogens with one attached hydrogen (secondary N) is 1. The third-order valence-electron chi connectivity index (χ3n) is 2.27. The van der Waals surface area contributed by atoms with Crippen molar-refractivity contribution in [2.24, 2.45) is 0 Å². The minimum Gasteiger partial charge on any atom is -0.481 e. The van der Waals surface area contributed by atoms with Crippen molar-refractivity contribution < 1.29 is 27.9 Å². The van der Waals surface area contributed by atoms with Gasteiger partial charge in [0.2, 0.25) is 10.0 Å². The molecule has 0 bridgehead atoms. The maximum atomic E-state index is 11.5. The maximum absolute atomic E-state index is 11.5. The summed E-state index contributed by atoms with van der Waals surface area (Å²) in [6.07, 6.45) is 1.68. The van der Waals surface area contributed by atoms with Crippen LogP contribution < -0.4 is 4.72 Å². The summed E-state index contributed by atoms with van der Waals surface area (Å²) in [6, 6.07) is 0. The molecule has 2 N–H and O–H groups in total. The second-order valence-electron chi connectivity index (χ2n) is 3.97. The van der Waals surface area contributed by atoms with Crippen molar-refractivity contribution in [2.75, 3.05) is 18.9 Å². The number of carboxylic acid groups (broad SMARTS) is 1. The van der Waals surface area contributed by atoms with Crippen molar-refractivity contribution in [3.05, 3.63) is 0 Å². The number of sulfonamides is 1.